The Balaban J connectivity index is -0.00000000192. The van der Waals surface area contributed by atoms with Crippen molar-refractivity contribution in [3.8, 4) is 0 Å². The number of primary amides is 1. The van der Waals surface area contributed by atoms with Crippen LogP contribution in [0.15, 0.2) is 0 Å². The topological polar surface area (TPSA) is 78.1 Å². The second-order valence-corrected chi connectivity index (χ2v) is 0.611. The molecule has 0 aromatic carbocycles. The largest absolute Gasteiger partial charge is 0.370 e. The Morgan fingerprint density at radius 3 is 1.00 bits per heavy atom. The fraction of sp³-hybridized carbons (Fsp3) is 0.875. The molecule has 0 rings (SSSR count). The molecule has 1 radical (unpaired) electrons. The third-order valence-electron chi connectivity index (χ3n) is 0. The van der Waals surface area contributed by atoms with E-state index in [0.29, 0.717) is 0 Å². The molecular weight excluding hydrogens is 292 g/mol. The third-order valence-corrected chi connectivity index (χ3v) is 0. The van der Waals surface area contributed by atoms with Gasteiger partial charge in [0.05, 0.1) is 0 Å². The summed E-state index contributed by atoms with van der Waals surface area (Å²) >= 11 is 0. The second kappa shape index (κ2) is 136. The van der Waals surface area contributed by atoms with Gasteiger partial charge in [-0.1, -0.05) is 43.6 Å². The van der Waals surface area contributed by atoms with Gasteiger partial charge in [0.15, 0.2) is 0 Å². The average molecular weight is 327 g/mol. The van der Waals surface area contributed by atoms with Gasteiger partial charge in [-0.05, 0) is 0 Å². The summed E-state index contributed by atoms with van der Waals surface area (Å²) in [7, 11) is 0. The van der Waals surface area contributed by atoms with E-state index >= 15 is 0 Å². The molecule has 0 bridgehead atoms. The van der Waals surface area contributed by atoms with E-state index in [4.69, 9.17) is 0 Å². The summed E-state index contributed by atoms with van der Waals surface area (Å²) < 4.78 is 0. The molecule has 0 saturated heterocycles. The van der Waals surface area contributed by atoms with Gasteiger partial charge in [-0.25, -0.2) is 0 Å². The first-order chi connectivity index (χ1) is 2.73. The normalized spacial score (nSPS) is 2.21. The van der Waals surface area contributed by atoms with Crippen molar-refractivity contribution in [2.24, 2.45) is 5.73 Å². The van der Waals surface area contributed by atoms with E-state index in [-0.39, 0.29) is 97.9 Å². The van der Waals surface area contributed by atoms with Crippen molar-refractivity contribution in [2.75, 3.05) is 0 Å². The van der Waals surface area contributed by atoms with Gasteiger partial charge in [0, 0.05) is 39.6 Å². The van der Waals surface area contributed by atoms with Crippen LogP contribution >= 0.6 is 23.4 Å². The second-order valence-electron chi connectivity index (χ2n) is 0.611. The van der Waals surface area contributed by atoms with Gasteiger partial charge in [-0.15, -0.1) is 0 Å². The van der Waals surface area contributed by atoms with Crippen LogP contribution in [-0.4, -0.2) is 5.91 Å². The van der Waals surface area contributed by atoms with Gasteiger partial charge >= 0.3 is 0 Å². The van der Waals surface area contributed by atoms with Gasteiger partial charge in [0.2, 0.25) is 5.91 Å². The first kappa shape index (κ1) is 111. The van der Waals surface area contributed by atoms with E-state index in [1.54, 1.807) is 0 Å². The summed E-state index contributed by atoms with van der Waals surface area (Å²) in [4.78, 5) is 9.22. The van der Waals surface area contributed by atoms with Crippen molar-refractivity contribution in [3.05, 3.63) is 0 Å². The van der Waals surface area contributed by atoms with Crippen LogP contribution in [0.25, 0.3) is 0 Å². The molecule has 1 unspecified atom stereocenters. The SMILES string of the molecule is C.C.C.C.CC.CC(N)=O.N.P.S.[Y]. The van der Waals surface area contributed by atoms with Crippen molar-refractivity contribution in [1.29, 1.82) is 0 Å². The first-order valence-electron chi connectivity index (χ1n) is 1.99. The monoisotopic (exact) mass is 327 g/mol. The van der Waals surface area contributed by atoms with Crippen LogP contribution in [0.5, 0.6) is 0 Å². The van der Waals surface area contributed by atoms with Crippen LogP contribution in [0.4, 0.5) is 0 Å². The van der Waals surface area contributed by atoms with E-state index in [9.17, 15) is 4.79 Å². The molecule has 0 aromatic heterocycles. The predicted octanol–water partition coefficient (Wildman–Crippen LogP) is 3.39. The molecule has 0 aromatic rings. The average Bonchev–Trinajstić information content (AvgIpc) is 1.41. The Bertz CT molecular complexity index is 50.3. The fourth-order valence-electron chi connectivity index (χ4n) is 0. The standard InChI is InChI=1S/C2H5NO.C2H6.4CH4.H3N.H3P.H2S.Y/c1-2(3)4;1-2;;;;;;;;/h1H3,(H2,3,4);1-2H3;4*1H4;2*1H3;1H2;. The smallest absolute Gasteiger partial charge is 0.214 e. The molecule has 0 aliphatic rings. The Morgan fingerprint density at radius 1 is 1.00 bits per heavy atom. The van der Waals surface area contributed by atoms with Crippen LogP contribution < -0.4 is 11.9 Å². The van der Waals surface area contributed by atoms with E-state index in [1.165, 1.54) is 6.92 Å². The maximum atomic E-state index is 9.22. The maximum absolute atomic E-state index is 9.22. The van der Waals surface area contributed by atoms with E-state index in [2.05, 4.69) is 5.73 Å². The molecule has 0 aliphatic heterocycles. The Morgan fingerprint density at radius 2 is 1.00 bits per heavy atom. The molecule has 0 spiro atoms. The summed E-state index contributed by atoms with van der Waals surface area (Å²) in [5, 5.41) is 0. The molecule has 0 saturated carbocycles. The van der Waals surface area contributed by atoms with Gasteiger partial charge in [-0.3, -0.25) is 4.79 Å². The van der Waals surface area contributed by atoms with E-state index in [1.807, 2.05) is 13.8 Å². The Labute approximate surface area is 128 Å². The first-order valence-corrected chi connectivity index (χ1v) is 1.99. The number of carbonyl (C=O) groups is 1. The zero-order chi connectivity index (χ0) is 5.58. The summed E-state index contributed by atoms with van der Waals surface area (Å²) in [6, 6.07) is 0. The van der Waals surface area contributed by atoms with E-state index in [0.717, 1.165) is 0 Å². The molecule has 1 amide bonds. The number of nitrogens with two attached hydrogens (primary N) is 1. The Hall–Kier alpha value is 1.31. The van der Waals surface area contributed by atoms with Crippen LogP contribution in [-0.2, 0) is 37.5 Å². The van der Waals surface area contributed by atoms with Crippen molar-refractivity contribution in [2.45, 2.75) is 50.5 Å². The molecule has 0 fully saturated rings. The molecule has 6 heteroatoms. The molecule has 97 valence electrons. The van der Waals surface area contributed by atoms with Crippen molar-refractivity contribution in [3.63, 3.8) is 0 Å². The molecule has 5 N–H and O–H groups in total. The molecule has 0 heterocycles. The van der Waals surface area contributed by atoms with E-state index < -0.39 is 0 Å². The Kier molecular flexibility index (Phi) is 1080. The summed E-state index contributed by atoms with van der Waals surface area (Å²) in [6.45, 7) is 5.31. The zero-order valence-corrected chi connectivity index (χ0v) is 12.2. The molecule has 14 heavy (non-hydrogen) atoms. The van der Waals surface area contributed by atoms with Gasteiger partial charge in [0.1, 0.15) is 0 Å². The number of carbonyl (C=O) groups excluding carboxylic acids is 1. The van der Waals surface area contributed by atoms with Crippen LogP contribution in [0.3, 0.4) is 0 Å². The van der Waals surface area contributed by atoms with Gasteiger partial charge < -0.3 is 11.9 Å². The summed E-state index contributed by atoms with van der Waals surface area (Å²) in [5.41, 5.74) is 4.47. The molecule has 0 aliphatic carbocycles. The minimum atomic E-state index is -0.333. The minimum Gasteiger partial charge on any atom is -0.370 e. The van der Waals surface area contributed by atoms with Crippen molar-refractivity contribution >= 4 is 29.3 Å². The summed E-state index contributed by atoms with van der Waals surface area (Å²) in [6.07, 6.45) is 0. The van der Waals surface area contributed by atoms with Crippen molar-refractivity contribution in [1.82, 2.24) is 6.15 Å². The van der Waals surface area contributed by atoms with Crippen molar-refractivity contribution < 1.29 is 37.5 Å². The minimum absolute atomic E-state index is 0. The van der Waals surface area contributed by atoms with Gasteiger partial charge in [-0.2, -0.15) is 23.4 Å². The van der Waals surface area contributed by atoms with Crippen LogP contribution in [0.2, 0.25) is 0 Å². The number of hydrogen-bond acceptors (Lipinski definition) is 2. The summed E-state index contributed by atoms with van der Waals surface area (Å²) in [5.74, 6) is -0.333. The van der Waals surface area contributed by atoms with Gasteiger partial charge in [0.25, 0.3) is 0 Å². The number of amides is 1. The molecule has 3 nitrogen and oxygen atoms in total. The van der Waals surface area contributed by atoms with Crippen LogP contribution in [0, 0.1) is 0 Å². The van der Waals surface area contributed by atoms with Crippen LogP contribution in [0.1, 0.15) is 50.5 Å². The molecule has 1 atom stereocenters. The quantitative estimate of drug-likeness (QED) is 0.669. The molecular formula is C8H35N2OPSY. The number of rotatable bonds is 0. The predicted molar refractivity (Wildman–Crippen MR) is 79.6 cm³/mol. The zero-order valence-electron chi connectivity index (χ0n) is 6.98. The maximum Gasteiger partial charge on any atom is 0.214 e. The third kappa shape index (κ3) is 1170. The fourth-order valence-corrected chi connectivity index (χ4v) is 0. The number of hydrogen-bond donors (Lipinski definition) is 2.